The molecule has 0 saturated heterocycles. The van der Waals surface area contributed by atoms with Gasteiger partial charge < -0.3 is 5.73 Å². The first-order valence-corrected chi connectivity index (χ1v) is 5.22. The van der Waals surface area contributed by atoms with Crippen LogP contribution < -0.4 is 5.73 Å². The van der Waals surface area contributed by atoms with Crippen molar-refractivity contribution >= 4 is 17.7 Å². The molecule has 1 heterocycles. The molecule has 0 unspecified atom stereocenters. The maximum atomic E-state index is 5.56. The van der Waals surface area contributed by atoms with Gasteiger partial charge in [-0.1, -0.05) is 32.5 Å². The molecule has 0 aliphatic heterocycles. The predicted molar refractivity (Wildman–Crippen MR) is 54.7 cm³/mol. The highest BCUT2D eigenvalue weighted by Gasteiger charge is 2.18. The van der Waals surface area contributed by atoms with Gasteiger partial charge in [0.1, 0.15) is 5.82 Å². The summed E-state index contributed by atoms with van der Waals surface area (Å²) in [7, 11) is 0. The summed E-state index contributed by atoms with van der Waals surface area (Å²) in [5.41, 5.74) is 5.47. The molecule has 0 aliphatic rings. The van der Waals surface area contributed by atoms with E-state index in [4.69, 9.17) is 5.73 Å². The molecule has 0 aliphatic carbocycles. The molecular weight excluding hydrogens is 184 g/mol. The third kappa shape index (κ3) is 2.55. The number of anilines is 1. The van der Waals surface area contributed by atoms with Crippen molar-refractivity contribution < 1.29 is 0 Å². The number of hydrogen-bond donors (Lipinski definition) is 1. The van der Waals surface area contributed by atoms with Gasteiger partial charge in [-0.15, -0.1) is 0 Å². The van der Waals surface area contributed by atoms with Gasteiger partial charge in [0.05, 0.1) is 0 Å². The van der Waals surface area contributed by atoms with E-state index in [0.717, 1.165) is 5.82 Å². The van der Waals surface area contributed by atoms with E-state index in [9.17, 15) is 0 Å². The Morgan fingerprint density at radius 1 is 1.15 bits per heavy atom. The Hall–Kier alpha value is -0.840. The fourth-order valence-electron chi connectivity index (χ4n) is 0.799. The van der Waals surface area contributed by atoms with Crippen LogP contribution in [0.2, 0.25) is 0 Å². The van der Waals surface area contributed by atoms with E-state index in [-0.39, 0.29) is 5.41 Å². The molecule has 72 valence electrons. The molecule has 0 fully saturated rings. The second-order valence-electron chi connectivity index (χ2n) is 3.75. The lowest BCUT2D eigenvalue weighted by atomic mass is 9.96. The molecule has 4 nitrogen and oxygen atoms in total. The highest BCUT2D eigenvalue weighted by Crippen LogP contribution is 2.20. The van der Waals surface area contributed by atoms with E-state index in [1.54, 1.807) is 0 Å². The predicted octanol–water partition coefficient (Wildman–Crippen LogP) is 1.47. The van der Waals surface area contributed by atoms with Gasteiger partial charge in [-0.3, -0.25) is 0 Å². The minimum atomic E-state index is -0.0818. The van der Waals surface area contributed by atoms with Crippen LogP contribution >= 0.6 is 11.8 Å². The summed E-state index contributed by atoms with van der Waals surface area (Å²) in [5.74, 6) is 1.04. The van der Waals surface area contributed by atoms with Gasteiger partial charge in [0.2, 0.25) is 5.95 Å². The molecule has 2 N–H and O–H groups in total. The van der Waals surface area contributed by atoms with Gasteiger partial charge in [0.15, 0.2) is 5.16 Å². The minimum Gasteiger partial charge on any atom is -0.368 e. The Balaban J connectivity index is 3.16. The number of nitrogens with two attached hydrogens (primary N) is 1. The van der Waals surface area contributed by atoms with Crippen LogP contribution in [-0.2, 0) is 5.41 Å². The molecule has 0 aromatic carbocycles. The van der Waals surface area contributed by atoms with E-state index < -0.39 is 0 Å². The lowest BCUT2D eigenvalue weighted by molar-refractivity contribution is 0.533. The van der Waals surface area contributed by atoms with Crippen LogP contribution in [0.5, 0.6) is 0 Å². The monoisotopic (exact) mass is 198 g/mol. The molecule has 0 atom stereocenters. The smallest absolute Gasteiger partial charge is 0.224 e. The van der Waals surface area contributed by atoms with E-state index in [0.29, 0.717) is 11.1 Å². The van der Waals surface area contributed by atoms with Crippen molar-refractivity contribution in [3.05, 3.63) is 5.82 Å². The minimum absolute atomic E-state index is 0.0818. The number of nitrogen functional groups attached to an aromatic ring is 1. The fourth-order valence-corrected chi connectivity index (χ4v) is 1.16. The first-order chi connectivity index (χ1) is 5.93. The van der Waals surface area contributed by atoms with Crippen LogP contribution in [0.4, 0.5) is 5.95 Å². The van der Waals surface area contributed by atoms with Crippen LogP contribution in [-0.4, -0.2) is 21.2 Å². The molecule has 0 radical (unpaired) electrons. The zero-order valence-electron chi connectivity index (χ0n) is 8.33. The van der Waals surface area contributed by atoms with Crippen LogP contribution in [0.1, 0.15) is 26.6 Å². The van der Waals surface area contributed by atoms with Gasteiger partial charge in [-0.25, -0.2) is 4.98 Å². The molecule has 1 rings (SSSR count). The topological polar surface area (TPSA) is 64.7 Å². The quantitative estimate of drug-likeness (QED) is 0.692. The number of hydrogen-bond acceptors (Lipinski definition) is 5. The Morgan fingerprint density at radius 2 is 1.77 bits per heavy atom. The SMILES string of the molecule is CSc1nc(N)nc(C(C)(C)C)n1. The number of nitrogens with zero attached hydrogens (tertiary/aromatic N) is 3. The summed E-state index contributed by atoms with van der Waals surface area (Å²) in [6.07, 6.45) is 1.92. The highest BCUT2D eigenvalue weighted by atomic mass is 32.2. The van der Waals surface area contributed by atoms with Crippen molar-refractivity contribution in [3.63, 3.8) is 0 Å². The molecule has 1 aromatic rings. The van der Waals surface area contributed by atoms with Gasteiger partial charge in [-0.05, 0) is 6.26 Å². The van der Waals surface area contributed by atoms with Crippen LogP contribution in [0.25, 0.3) is 0 Å². The summed E-state index contributed by atoms with van der Waals surface area (Å²) in [5, 5.41) is 0.678. The molecular formula is C8H14N4S. The van der Waals surface area contributed by atoms with E-state index >= 15 is 0 Å². The molecule has 13 heavy (non-hydrogen) atoms. The lowest BCUT2D eigenvalue weighted by Gasteiger charge is -2.16. The van der Waals surface area contributed by atoms with E-state index in [1.165, 1.54) is 11.8 Å². The Kier molecular flexibility index (Phi) is 2.75. The Bertz CT molecular complexity index is 306. The number of aromatic nitrogens is 3. The lowest BCUT2D eigenvalue weighted by Crippen LogP contribution is -2.18. The average Bonchev–Trinajstić information content (AvgIpc) is 2.01. The normalized spacial score (nSPS) is 11.7. The van der Waals surface area contributed by atoms with Crippen molar-refractivity contribution in [2.24, 2.45) is 0 Å². The second-order valence-corrected chi connectivity index (χ2v) is 4.53. The van der Waals surface area contributed by atoms with Crippen molar-refractivity contribution in [3.8, 4) is 0 Å². The van der Waals surface area contributed by atoms with E-state index in [1.807, 2.05) is 27.0 Å². The Labute approximate surface area is 82.4 Å². The Morgan fingerprint density at radius 3 is 2.23 bits per heavy atom. The summed E-state index contributed by atoms with van der Waals surface area (Å²) >= 11 is 1.47. The van der Waals surface area contributed by atoms with Crippen LogP contribution in [0.3, 0.4) is 0 Å². The maximum Gasteiger partial charge on any atom is 0.224 e. The fraction of sp³-hybridized carbons (Fsp3) is 0.625. The molecule has 0 saturated carbocycles. The number of rotatable bonds is 1. The van der Waals surface area contributed by atoms with Crippen LogP contribution in [0.15, 0.2) is 5.16 Å². The molecule has 0 bridgehead atoms. The molecule has 0 spiro atoms. The third-order valence-corrected chi connectivity index (χ3v) is 2.03. The summed E-state index contributed by atoms with van der Waals surface area (Å²) in [6.45, 7) is 6.14. The third-order valence-electron chi connectivity index (χ3n) is 1.49. The average molecular weight is 198 g/mol. The van der Waals surface area contributed by atoms with Crippen molar-refractivity contribution in [2.45, 2.75) is 31.3 Å². The highest BCUT2D eigenvalue weighted by molar-refractivity contribution is 7.98. The second kappa shape index (κ2) is 3.49. The largest absolute Gasteiger partial charge is 0.368 e. The summed E-state index contributed by atoms with van der Waals surface area (Å²) in [4.78, 5) is 12.4. The molecule has 5 heteroatoms. The first kappa shape index (κ1) is 10.2. The number of thioether (sulfide) groups is 1. The van der Waals surface area contributed by atoms with Gasteiger partial charge >= 0.3 is 0 Å². The molecule has 0 amide bonds. The van der Waals surface area contributed by atoms with Gasteiger partial charge in [0, 0.05) is 5.41 Å². The van der Waals surface area contributed by atoms with Crippen molar-refractivity contribution in [1.29, 1.82) is 0 Å². The molecule has 1 aromatic heterocycles. The van der Waals surface area contributed by atoms with Crippen molar-refractivity contribution in [2.75, 3.05) is 12.0 Å². The van der Waals surface area contributed by atoms with Gasteiger partial charge in [0.25, 0.3) is 0 Å². The summed E-state index contributed by atoms with van der Waals surface area (Å²) in [6, 6.07) is 0. The van der Waals surface area contributed by atoms with Crippen LogP contribution in [0, 0.1) is 0 Å². The summed E-state index contributed by atoms with van der Waals surface area (Å²) < 4.78 is 0. The maximum absolute atomic E-state index is 5.56. The zero-order chi connectivity index (χ0) is 10.1. The first-order valence-electron chi connectivity index (χ1n) is 3.99. The van der Waals surface area contributed by atoms with Gasteiger partial charge in [-0.2, -0.15) is 9.97 Å². The van der Waals surface area contributed by atoms with Crippen molar-refractivity contribution in [1.82, 2.24) is 15.0 Å². The zero-order valence-corrected chi connectivity index (χ0v) is 9.14. The van der Waals surface area contributed by atoms with E-state index in [2.05, 4.69) is 15.0 Å². The standard InChI is InChI=1S/C8H14N4S/c1-8(2,3)5-10-6(9)12-7(11-5)13-4/h1-4H3,(H2,9,10,11,12).